The standard InChI is InChI=1S/C13H21N3O/c1-14-9-11-5-4-8-16(10-11)13-12(17-2)6-3-7-15-13/h3,6-7,11,14H,4-5,8-10H2,1-2H3. The Morgan fingerprint density at radius 1 is 1.59 bits per heavy atom. The van der Waals surface area contributed by atoms with Crippen molar-refractivity contribution in [3.05, 3.63) is 18.3 Å². The molecule has 0 saturated carbocycles. The second-order valence-electron chi connectivity index (χ2n) is 4.54. The summed E-state index contributed by atoms with van der Waals surface area (Å²) in [6.07, 6.45) is 4.36. The molecule has 1 fully saturated rings. The number of pyridine rings is 1. The summed E-state index contributed by atoms with van der Waals surface area (Å²) in [5, 5.41) is 3.26. The van der Waals surface area contributed by atoms with Crippen molar-refractivity contribution in [2.45, 2.75) is 12.8 Å². The Hall–Kier alpha value is -1.29. The summed E-state index contributed by atoms with van der Waals surface area (Å²) in [7, 11) is 3.72. The molecule has 0 spiro atoms. The van der Waals surface area contributed by atoms with Crippen molar-refractivity contribution in [2.24, 2.45) is 5.92 Å². The maximum atomic E-state index is 5.37. The zero-order valence-electron chi connectivity index (χ0n) is 10.6. The number of hydrogen-bond acceptors (Lipinski definition) is 4. The number of aromatic nitrogens is 1. The van der Waals surface area contributed by atoms with E-state index in [-0.39, 0.29) is 0 Å². The van der Waals surface area contributed by atoms with Crippen molar-refractivity contribution < 1.29 is 4.74 Å². The number of piperidine rings is 1. The van der Waals surface area contributed by atoms with Crippen LogP contribution in [0, 0.1) is 5.92 Å². The molecule has 1 atom stereocenters. The fourth-order valence-electron chi connectivity index (χ4n) is 2.49. The maximum Gasteiger partial charge on any atom is 0.171 e. The summed E-state index contributed by atoms with van der Waals surface area (Å²) in [6, 6.07) is 3.89. The molecule has 1 N–H and O–H groups in total. The highest BCUT2D eigenvalue weighted by Crippen LogP contribution is 2.28. The van der Waals surface area contributed by atoms with Gasteiger partial charge >= 0.3 is 0 Å². The quantitative estimate of drug-likeness (QED) is 0.858. The van der Waals surface area contributed by atoms with E-state index in [1.54, 1.807) is 7.11 Å². The van der Waals surface area contributed by atoms with Gasteiger partial charge in [-0.3, -0.25) is 0 Å². The van der Waals surface area contributed by atoms with Gasteiger partial charge in [-0.25, -0.2) is 4.98 Å². The third-order valence-electron chi connectivity index (χ3n) is 3.28. The largest absolute Gasteiger partial charge is 0.493 e. The van der Waals surface area contributed by atoms with Gasteiger partial charge in [0.15, 0.2) is 11.6 Å². The highest BCUT2D eigenvalue weighted by molar-refractivity contribution is 5.52. The van der Waals surface area contributed by atoms with Crippen molar-refractivity contribution in [2.75, 3.05) is 38.7 Å². The molecule has 1 unspecified atom stereocenters. The lowest BCUT2D eigenvalue weighted by Crippen LogP contribution is -2.39. The van der Waals surface area contributed by atoms with E-state index in [4.69, 9.17) is 4.74 Å². The highest BCUT2D eigenvalue weighted by atomic mass is 16.5. The molecule has 4 heteroatoms. The maximum absolute atomic E-state index is 5.37. The van der Waals surface area contributed by atoms with E-state index >= 15 is 0 Å². The Morgan fingerprint density at radius 2 is 2.47 bits per heavy atom. The lowest BCUT2D eigenvalue weighted by atomic mass is 9.98. The van der Waals surface area contributed by atoms with E-state index in [1.165, 1.54) is 12.8 Å². The number of anilines is 1. The number of hydrogen-bond donors (Lipinski definition) is 1. The highest BCUT2D eigenvalue weighted by Gasteiger charge is 2.22. The third kappa shape index (κ3) is 2.88. The van der Waals surface area contributed by atoms with Gasteiger partial charge in [-0.15, -0.1) is 0 Å². The first-order chi connectivity index (χ1) is 8.35. The van der Waals surface area contributed by atoms with Crippen LogP contribution in [0.2, 0.25) is 0 Å². The van der Waals surface area contributed by atoms with E-state index in [9.17, 15) is 0 Å². The van der Waals surface area contributed by atoms with E-state index < -0.39 is 0 Å². The topological polar surface area (TPSA) is 37.4 Å². The van der Waals surface area contributed by atoms with Gasteiger partial charge in [0.05, 0.1) is 7.11 Å². The van der Waals surface area contributed by atoms with Crippen LogP contribution in [-0.4, -0.2) is 38.8 Å². The van der Waals surface area contributed by atoms with Gasteiger partial charge in [0.2, 0.25) is 0 Å². The van der Waals surface area contributed by atoms with Crippen molar-refractivity contribution in [1.29, 1.82) is 0 Å². The van der Waals surface area contributed by atoms with E-state index in [1.807, 2.05) is 25.4 Å². The van der Waals surface area contributed by atoms with Crippen molar-refractivity contribution in [3.8, 4) is 5.75 Å². The van der Waals surface area contributed by atoms with Crippen LogP contribution >= 0.6 is 0 Å². The molecule has 0 aliphatic carbocycles. The van der Waals surface area contributed by atoms with Gasteiger partial charge in [-0.05, 0) is 44.5 Å². The molecule has 1 aliphatic rings. The van der Waals surface area contributed by atoms with Crippen molar-refractivity contribution in [1.82, 2.24) is 10.3 Å². The molecule has 0 amide bonds. The Kier molecular flexibility index (Phi) is 4.20. The molecule has 0 radical (unpaired) electrons. The third-order valence-corrected chi connectivity index (χ3v) is 3.28. The Balaban J connectivity index is 2.10. The molecular formula is C13H21N3O. The van der Waals surface area contributed by atoms with Crippen molar-refractivity contribution >= 4 is 5.82 Å². The van der Waals surface area contributed by atoms with Crippen LogP contribution < -0.4 is 15.0 Å². The van der Waals surface area contributed by atoms with Gasteiger partial charge in [0.1, 0.15) is 0 Å². The Morgan fingerprint density at radius 3 is 3.24 bits per heavy atom. The molecule has 2 heterocycles. The van der Waals surface area contributed by atoms with Crippen LogP contribution in [0.25, 0.3) is 0 Å². The summed E-state index contributed by atoms with van der Waals surface area (Å²) < 4.78 is 5.37. The monoisotopic (exact) mass is 235 g/mol. The predicted molar refractivity (Wildman–Crippen MR) is 69.7 cm³/mol. The average molecular weight is 235 g/mol. The van der Waals surface area contributed by atoms with Crippen molar-refractivity contribution in [3.63, 3.8) is 0 Å². The van der Waals surface area contributed by atoms with Gasteiger partial charge in [0.25, 0.3) is 0 Å². The molecule has 2 rings (SSSR count). The summed E-state index contributed by atoms with van der Waals surface area (Å²) in [5.74, 6) is 2.56. The van der Waals surface area contributed by atoms with Crippen LogP contribution in [-0.2, 0) is 0 Å². The predicted octanol–water partition coefficient (Wildman–Crippen LogP) is 1.53. The van der Waals surface area contributed by atoms with Gasteiger partial charge < -0.3 is 15.0 Å². The summed E-state index contributed by atoms with van der Waals surface area (Å²) >= 11 is 0. The molecule has 17 heavy (non-hydrogen) atoms. The van der Waals surface area contributed by atoms with Crippen LogP contribution in [0.5, 0.6) is 5.75 Å². The minimum Gasteiger partial charge on any atom is -0.493 e. The lowest BCUT2D eigenvalue weighted by Gasteiger charge is -2.34. The zero-order chi connectivity index (χ0) is 12.1. The van der Waals surface area contributed by atoms with Gasteiger partial charge in [-0.2, -0.15) is 0 Å². The van der Waals surface area contributed by atoms with E-state index in [0.717, 1.165) is 31.2 Å². The molecule has 0 bridgehead atoms. The van der Waals surface area contributed by atoms with Crippen LogP contribution in [0.1, 0.15) is 12.8 Å². The Labute approximate surface area is 103 Å². The minimum absolute atomic E-state index is 0.709. The molecule has 1 aromatic heterocycles. The summed E-state index contributed by atoms with van der Waals surface area (Å²) in [6.45, 7) is 3.22. The van der Waals surface area contributed by atoms with Gasteiger partial charge in [0, 0.05) is 19.3 Å². The second kappa shape index (κ2) is 5.87. The molecule has 1 aromatic rings. The lowest BCUT2D eigenvalue weighted by molar-refractivity contribution is 0.386. The fourth-order valence-corrected chi connectivity index (χ4v) is 2.49. The normalized spacial score (nSPS) is 20.4. The first-order valence-electron chi connectivity index (χ1n) is 6.23. The molecule has 1 saturated heterocycles. The summed E-state index contributed by atoms with van der Waals surface area (Å²) in [4.78, 5) is 6.79. The van der Waals surface area contributed by atoms with Crippen LogP contribution in [0.15, 0.2) is 18.3 Å². The second-order valence-corrected chi connectivity index (χ2v) is 4.54. The number of nitrogens with one attached hydrogen (secondary N) is 1. The molecule has 94 valence electrons. The Bertz CT molecular complexity index is 354. The number of methoxy groups -OCH3 is 1. The minimum atomic E-state index is 0.709. The van der Waals surface area contributed by atoms with E-state index in [0.29, 0.717) is 5.92 Å². The molecule has 4 nitrogen and oxygen atoms in total. The molecule has 0 aromatic carbocycles. The number of rotatable bonds is 4. The van der Waals surface area contributed by atoms with Gasteiger partial charge in [-0.1, -0.05) is 0 Å². The SMILES string of the molecule is CNCC1CCCN(c2ncccc2OC)C1. The number of ether oxygens (including phenoxy) is 1. The molecule has 1 aliphatic heterocycles. The summed E-state index contributed by atoms with van der Waals surface area (Å²) in [5.41, 5.74) is 0. The van der Waals surface area contributed by atoms with Crippen LogP contribution in [0.3, 0.4) is 0 Å². The number of nitrogens with zero attached hydrogens (tertiary/aromatic N) is 2. The zero-order valence-corrected chi connectivity index (χ0v) is 10.6. The van der Waals surface area contributed by atoms with Crippen LogP contribution in [0.4, 0.5) is 5.82 Å². The first kappa shape index (κ1) is 12.2. The smallest absolute Gasteiger partial charge is 0.171 e. The van der Waals surface area contributed by atoms with E-state index in [2.05, 4.69) is 15.2 Å². The fraction of sp³-hybridized carbons (Fsp3) is 0.615. The molecular weight excluding hydrogens is 214 g/mol. The first-order valence-corrected chi connectivity index (χ1v) is 6.23. The average Bonchev–Trinajstić information content (AvgIpc) is 2.39.